The van der Waals surface area contributed by atoms with Crippen LogP contribution in [0.5, 0.6) is 0 Å². The van der Waals surface area contributed by atoms with Crippen LogP contribution in [0.25, 0.3) is 0 Å². The zero-order valence-electron chi connectivity index (χ0n) is 8.29. The third-order valence-corrected chi connectivity index (χ3v) is 2.51. The van der Waals surface area contributed by atoms with Gasteiger partial charge in [-0.15, -0.1) is 10.2 Å². The quantitative estimate of drug-likeness (QED) is 0.893. The van der Waals surface area contributed by atoms with Gasteiger partial charge < -0.3 is 5.11 Å². The number of carboxylic acid groups (broad SMARTS) is 1. The standard InChI is InChI=1S/C9H10Cl2N2O2/c1-9(2,8(14)15)4-5-3-6(10)12-13-7(5)11/h3H,4H2,1-2H3,(H,14,15). The third-order valence-electron chi connectivity index (χ3n) is 2.00. The van der Waals surface area contributed by atoms with Crippen molar-refractivity contribution >= 4 is 29.2 Å². The van der Waals surface area contributed by atoms with E-state index in [1.165, 1.54) is 6.07 Å². The predicted molar refractivity (Wildman–Crippen MR) is 57.2 cm³/mol. The molecule has 1 rings (SSSR count). The van der Waals surface area contributed by atoms with E-state index >= 15 is 0 Å². The molecule has 0 bridgehead atoms. The van der Waals surface area contributed by atoms with Gasteiger partial charge in [-0.3, -0.25) is 4.79 Å². The lowest BCUT2D eigenvalue weighted by Crippen LogP contribution is -2.26. The van der Waals surface area contributed by atoms with Crippen molar-refractivity contribution < 1.29 is 9.90 Å². The number of halogens is 2. The van der Waals surface area contributed by atoms with E-state index in [9.17, 15) is 4.79 Å². The number of carbonyl (C=O) groups is 1. The Balaban J connectivity index is 2.99. The van der Waals surface area contributed by atoms with E-state index in [1.54, 1.807) is 13.8 Å². The van der Waals surface area contributed by atoms with Gasteiger partial charge in [0.25, 0.3) is 0 Å². The van der Waals surface area contributed by atoms with Crippen molar-refractivity contribution in [3.8, 4) is 0 Å². The molecule has 1 aromatic rings. The summed E-state index contributed by atoms with van der Waals surface area (Å²) in [4.78, 5) is 10.9. The number of nitrogens with zero attached hydrogens (tertiary/aromatic N) is 2. The second kappa shape index (κ2) is 4.33. The summed E-state index contributed by atoms with van der Waals surface area (Å²) in [6.45, 7) is 3.22. The minimum atomic E-state index is -0.907. The SMILES string of the molecule is CC(C)(Cc1cc(Cl)nnc1Cl)C(=O)O. The van der Waals surface area contributed by atoms with Gasteiger partial charge in [-0.05, 0) is 31.9 Å². The first-order chi connectivity index (χ1) is 6.83. The van der Waals surface area contributed by atoms with Crippen LogP contribution >= 0.6 is 23.2 Å². The third kappa shape index (κ3) is 3.04. The highest BCUT2D eigenvalue weighted by Gasteiger charge is 2.28. The van der Waals surface area contributed by atoms with Crippen molar-refractivity contribution in [2.75, 3.05) is 0 Å². The average Bonchev–Trinajstić information content (AvgIpc) is 2.10. The van der Waals surface area contributed by atoms with Crippen LogP contribution < -0.4 is 0 Å². The maximum Gasteiger partial charge on any atom is 0.309 e. The van der Waals surface area contributed by atoms with Gasteiger partial charge >= 0.3 is 5.97 Å². The molecule has 0 saturated carbocycles. The van der Waals surface area contributed by atoms with Crippen LogP contribution in [0.15, 0.2) is 6.07 Å². The molecule has 1 N–H and O–H groups in total. The van der Waals surface area contributed by atoms with E-state index in [2.05, 4.69) is 10.2 Å². The van der Waals surface area contributed by atoms with E-state index < -0.39 is 11.4 Å². The van der Waals surface area contributed by atoms with Crippen molar-refractivity contribution in [1.29, 1.82) is 0 Å². The molecule has 0 aliphatic rings. The lowest BCUT2D eigenvalue weighted by atomic mass is 9.86. The highest BCUT2D eigenvalue weighted by atomic mass is 35.5. The molecule has 0 fully saturated rings. The Labute approximate surface area is 97.2 Å². The first-order valence-electron chi connectivity index (χ1n) is 4.24. The van der Waals surface area contributed by atoms with Crippen LogP contribution in [0.1, 0.15) is 19.4 Å². The van der Waals surface area contributed by atoms with Crippen LogP contribution in [0.2, 0.25) is 10.3 Å². The van der Waals surface area contributed by atoms with E-state index in [4.69, 9.17) is 28.3 Å². The minimum absolute atomic E-state index is 0.189. The van der Waals surface area contributed by atoms with Gasteiger partial charge in [0.1, 0.15) is 0 Å². The van der Waals surface area contributed by atoms with Gasteiger partial charge in [0.05, 0.1) is 5.41 Å². The molecule has 0 amide bonds. The normalized spacial score (nSPS) is 11.5. The van der Waals surface area contributed by atoms with Crippen molar-refractivity contribution in [3.05, 3.63) is 21.9 Å². The molecule has 1 aromatic heterocycles. The van der Waals surface area contributed by atoms with Gasteiger partial charge in [0.15, 0.2) is 10.3 Å². The molecule has 0 aliphatic heterocycles. The summed E-state index contributed by atoms with van der Waals surface area (Å²) >= 11 is 11.4. The number of carboxylic acids is 1. The Morgan fingerprint density at radius 2 is 2.07 bits per heavy atom. The molecule has 0 saturated heterocycles. The largest absolute Gasteiger partial charge is 0.481 e. The highest BCUT2D eigenvalue weighted by molar-refractivity contribution is 6.31. The zero-order chi connectivity index (χ0) is 11.6. The molecule has 0 aromatic carbocycles. The number of rotatable bonds is 3. The van der Waals surface area contributed by atoms with Gasteiger partial charge in [-0.1, -0.05) is 23.2 Å². The number of aliphatic carboxylic acids is 1. The molecule has 0 aliphatic carbocycles. The smallest absolute Gasteiger partial charge is 0.309 e. The second-order valence-corrected chi connectivity index (χ2v) is 4.59. The van der Waals surface area contributed by atoms with Crippen molar-refractivity contribution in [3.63, 3.8) is 0 Å². The summed E-state index contributed by atoms with van der Waals surface area (Å²) in [7, 11) is 0. The summed E-state index contributed by atoms with van der Waals surface area (Å²) in [6.07, 6.45) is 0.260. The van der Waals surface area contributed by atoms with Gasteiger partial charge in [0.2, 0.25) is 0 Å². The van der Waals surface area contributed by atoms with Crippen LogP contribution in [-0.4, -0.2) is 21.3 Å². The van der Waals surface area contributed by atoms with E-state index in [1.807, 2.05) is 0 Å². The van der Waals surface area contributed by atoms with E-state index in [-0.39, 0.29) is 16.7 Å². The number of hydrogen-bond donors (Lipinski definition) is 1. The monoisotopic (exact) mass is 248 g/mol. The molecule has 0 spiro atoms. The van der Waals surface area contributed by atoms with Crippen molar-refractivity contribution in [2.45, 2.75) is 20.3 Å². The molecule has 0 radical (unpaired) electrons. The summed E-state index contributed by atoms with van der Waals surface area (Å²) in [5, 5.41) is 16.5. The fraction of sp³-hybridized carbons (Fsp3) is 0.444. The molecular formula is C9H10Cl2N2O2. The van der Waals surface area contributed by atoms with Gasteiger partial charge in [-0.2, -0.15) is 0 Å². The van der Waals surface area contributed by atoms with E-state index in [0.717, 1.165) is 0 Å². The fourth-order valence-corrected chi connectivity index (χ4v) is 1.39. The molecule has 4 nitrogen and oxygen atoms in total. The van der Waals surface area contributed by atoms with Crippen LogP contribution in [0.3, 0.4) is 0 Å². The summed E-state index contributed by atoms with van der Waals surface area (Å²) in [5.41, 5.74) is -0.320. The maximum absolute atomic E-state index is 10.9. The van der Waals surface area contributed by atoms with Crippen molar-refractivity contribution in [1.82, 2.24) is 10.2 Å². The minimum Gasteiger partial charge on any atom is -0.481 e. The fourth-order valence-electron chi connectivity index (χ4n) is 1.06. The molecule has 0 unspecified atom stereocenters. The molecule has 1 heterocycles. The van der Waals surface area contributed by atoms with Crippen LogP contribution in [0, 0.1) is 5.41 Å². The number of hydrogen-bond acceptors (Lipinski definition) is 3. The summed E-state index contributed by atoms with van der Waals surface area (Å²) in [5.74, 6) is -0.897. The number of aromatic nitrogens is 2. The van der Waals surface area contributed by atoms with E-state index in [0.29, 0.717) is 5.56 Å². The van der Waals surface area contributed by atoms with Crippen molar-refractivity contribution in [2.24, 2.45) is 5.41 Å². The van der Waals surface area contributed by atoms with Crippen LogP contribution in [0.4, 0.5) is 0 Å². The Morgan fingerprint density at radius 3 is 2.60 bits per heavy atom. The molecule has 82 valence electrons. The Morgan fingerprint density at radius 1 is 1.47 bits per heavy atom. The van der Waals surface area contributed by atoms with Crippen LogP contribution in [-0.2, 0) is 11.2 Å². The lowest BCUT2D eigenvalue weighted by Gasteiger charge is -2.19. The van der Waals surface area contributed by atoms with Gasteiger partial charge in [0, 0.05) is 0 Å². The zero-order valence-corrected chi connectivity index (χ0v) is 9.80. The Bertz CT molecular complexity index is 394. The maximum atomic E-state index is 10.9. The summed E-state index contributed by atoms with van der Waals surface area (Å²) in [6, 6.07) is 1.53. The first kappa shape index (κ1) is 12.2. The van der Waals surface area contributed by atoms with Gasteiger partial charge in [-0.25, -0.2) is 0 Å². The topological polar surface area (TPSA) is 63.1 Å². The average molecular weight is 249 g/mol. The highest BCUT2D eigenvalue weighted by Crippen LogP contribution is 2.26. The first-order valence-corrected chi connectivity index (χ1v) is 4.99. The molecule has 6 heteroatoms. The predicted octanol–water partition coefficient (Wildman–Crippen LogP) is 2.44. The summed E-state index contributed by atoms with van der Waals surface area (Å²) < 4.78 is 0. The lowest BCUT2D eigenvalue weighted by molar-refractivity contribution is -0.146. The Kier molecular flexibility index (Phi) is 3.52. The molecule has 0 atom stereocenters. The Hall–Kier alpha value is -0.870. The molecule has 15 heavy (non-hydrogen) atoms. The molecular weight excluding hydrogens is 239 g/mol. The second-order valence-electron chi connectivity index (χ2n) is 3.85.